The number of nitrogens with two attached hydrogens (primary N) is 1. The van der Waals surface area contributed by atoms with Gasteiger partial charge in [-0.3, -0.25) is 0 Å². The van der Waals surface area contributed by atoms with Crippen LogP contribution in [-0.4, -0.2) is 9.55 Å². The second kappa shape index (κ2) is 5.46. The molecule has 3 aromatic rings. The molecule has 3 nitrogen and oxygen atoms in total. The van der Waals surface area contributed by atoms with Crippen molar-refractivity contribution in [2.24, 2.45) is 0 Å². The normalized spacial score (nSPS) is 11.3. The highest BCUT2D eigenvalue weighted by atomic mass is 79.9. The van der Waals surface area contributed by atoms with Gasteiger partial charge in [-0.1, -0.05) is 0 Å². The first kappa shape index (κ1) is 14.0. The van der Waals surface area contributed by atoms with E-state index in [0.29, 0.717) is 22.5 Å². The molecule has 0 saturated heterocycles. The number of rotatable bonds is 3. The van der Waals surface area contributed by atoms with E-state index < -0.39 is 0 Å². The molecule has 104 valence electrons. The Bertz CT molecular complexity index is 781. The largest absolute Gasteiger partial charge is 0.369 e. The maximum absolute atomic E-state index is 13.7. The van der Waals surface area contributed by atoms with Crippen molar-refractivity contribution in [2.45, 2.75) is 13.0 Å². The van der Waals surface area contributed by atoms with E-state index in [0.717, 1.165) is 15.7 Å². The summed E-state index contributed by atoms with van der Waals surface area (Å²) in [5.41, 5.74) is 7.35. The smallest absolute Gasteiger partial charge is 0.201 e. The lowest BCUT2D eigenvalue weighted by Gasteiger charge is -2.05. The van der Waals surface area contributed by atoms with Crippen LogP contribution in [0.15, 0.2) is 32.5 Å². The van der Waals surface area contributed by atoms with Gasteiger partial charge in [-0.05, 0) is 56.5 Å². The van der Waals surface area contributed by atoms with Crippen LogP contribution in [0, 0.1) is 5.82 Å². The Kier molecular flexibility index (Phi) is 3.83. The van der Waals surface area contributed by atoms with Gasteiger partial charge in [0.15, 0.2) is 0 Å². The first-order valence-corrected chi connectivity index (χ1v) is 8.30. The third kappa shape index (κ3) is 2.62. The van der Waals surface area contributed by atoms with Crippen LogP contribution in [0.3, 0.4) is 0 Å². The van der Waals surface area contributed by atoms with Crippen LogP contribution in [0.5, 0.6) is 0 Å². The van der Waals surface area contributed by atoms with Gasteiger partial charge in [-0.15, -0.1) is 11.3 Å². The van der Waals surface area contributed by atoms with Crippen LogP contribution < -0.4 is 5.73 Å². The number of aryl methyl sites for hydroxylation is 2. The SMILES string of the molecule is Nc1nc2cc(Br)c(F)cc2n1CCc1ccc(Br)s1. The number of thiophene rings is 1. The number of anilines is 1. The highest BCUT2D eigenvalue weighted by Crippen LogP contribution is 2.27. The molecule has 3 rings (SSSR count). The van der Waals surface area contributed by atoms with Gasteiger partial charge in [0.25, 0.3) is 0 Å². The average Bonchev–Trinajstić information content (AvgIpc) is 2.92. The van der Waals surface area contributed by atoms with Gasteiger partial charge >= 0.3 is 0 Å². The van der Waals surface area contributed by atoms with Crippen molar-refractivity contribution in [3.05, 3.63) is 43.2 Å². The molecule has 0 atom stereocenters. The molecule has 2 heterocycles. The van der Waals surface area contributed by atoms with E-state index in [4.69, 9.17) is 5.73 Å². The summed E-state index contributed by atoms with van der Waals surface area (Å²) in [4.78, 5) is 5.52. The first-order valence-electron chi connectivity index (χ1n) is 5.89. The maximum Gasteiger partial charge on any atom is 0.201 e. The van der Waals surface area contributed by atoms with Crippen molar-refractivity contribution in [2.75, 3.05) is 5.73 Å². The minimum atomic E-state index is -0.308. The van der Waals surface area contributed by atoms with Crippen molar-refractivity contribution >= 4 is 60.2 Å². The van der Waals surface area contributed by atoms with Crippen molar-refractivity contribution < 1.29 is 4.39 Å². The third-order valence-corrected chi connectivity index (χ3v) is 5.32. The first-order chi connectivity index (χ1) is 9.54. The molecule has 0 saturated carbocycles. The molecule has 0 bridgehead atoms. The summed E-state index contributed by atoms with van der Waals surface area (Å²) >= 11 is 8.29. The van der Waals surface area contributed by atoms with E-state index in [2.05, 4.69) is 42.9 Å². The standard InChI is InChI=1S/C13H10Br2FN3S/c14-8-5-10-11(6-9(8)16)19(13(17)18-10)4-3-7-1-2-12(15)20-7/h1-2,5-6H,3-4H2,(H2,17,18). The zero-order chi connectivity index (χ0) is 14.3. The van der Waals surface area contributed by atoms with Gasteiger partial charge in [-0.25, -0.2) is 9.37 Å². The molecule has 7 heteroatoms. The van der Waals surface area contributed by atoms with Gasteiger partial charge in [0.05, 0.1) is 19.3 Å². The van der Waals surface area contributed by atoms with Gasteiger partial charge < -0.3 is 10.3 Å². The molecule has 0 aliphatic heterocycles. The molecule has 0 radical (unpaired) electrons. The molecule has 2 aromatic heterocycles. The topological polar surface area (TPSA) is 43.8 Å². The summed E-state index contributed by atoms with van der Waals surface area (Å²) in [5, 5.41) is 0. The zero-order valence-corrected chi connectivity index (χ0v) is 14.2. The Hall–Kier alpha value is -0.920. The molecule has 20 heavy (non-hydrogen) atoms. The Morgan fingerprint density at radius 2 is 2.10 bits per heavy atom. The lowest BCUT2D eigenvalue weighted by atomic mass is 10.3. The third-order valence-electron chi connectivity index (χ3n) is 3.03. The Morgan fingerprint density at radius 3 is 2.80 bits per heavy atom. The van der Waals surface area contributed by atoms with Crippen molar-refractivity contribution in [1.29, 1.82) is 0 Å². The number of benzene rings is 1. The zero-order valence-electron chi connectivity index (χ0n) is 10.2. The van der Waals surface area contributed by atoms with E-state index in [1.54, 1.807) is 17.4 Å². The van der Waals surface area contributed by atoms with Crippen LogP contribution in [0.4, 0.5) is 10.3 Å². The van der Waals surface area contributed by atoms with E-state index >= 15 is 0 Å². The van der Waals surface area contributed by atoms with Crippen molar-refractivity contribution in [3.63, 3.8) is 0 Å². The van der Waals surface area contributed by atoms with E-state index in [-0.39, 0.29) is 5.82 Å². The fourth-order valence-corrected chi connectivity index (χ4v) is 3.89. The predicted molar refractivity (Wildman–Crippen MR) is 87.5 cm³/mol. The van der Waals surface area contributed by atoms with Gasteiger partial charge in [0.1, 0.15) is 5.82 Å². The average molecular weight is 419 g/mol. The second-order valence-corrected chi connectivity index (χ2v) is 7.73. The molecule has 0 amide bonds. The summed E-state index contributed by atoms with van der Waals surface area (Å²) in [6, 6.07) is 7.21. The summed E-state index contributed by atoms with van der Waals surface area (Å²) in [5.74, 6) is 0.102. The predicted octanol–water partition coefficient (Wildman–Crippen LogP) is 4.59. The highest BCUT2D eigenvalue weighted by Gasteiger charge is 2.12. The molecule has 2 N–H and O–H groups in total. The van der Waals surface area contributed by atoms with Crippen LogP contribution in [0.1, 0.15) is 4.88 Å². The Labute approximate surface area is 135 Å². The minimum absolute atomic E-state index is 0.308. The summed E-state index contributed by atoms with van der Waals surface area (Å²) < 4.78 is 17.0. The molecular formula is C13H10Br2FN3S. The van der Waals surface area contributed by atoms with Crippen molar-refractivity contribution in [3.8, 4) is 0 Å². The molecular weight excluding hydrogens is 409 g/mol. The quantitative estimate of drug-likeness (QED) is 0.676. The molecule has 0 fully saturated rings. The minimum Gasteiger partial charge on any atom is -0.369 e. The fourth-order valence-electron chi connectivity index (χ4n) is 2.08. The Morgan fingerprint density at radius 1 is 1.30 bits per heavy atom. The van der Waals surface area contributed by atoms with Crippen LogP contribution >= 0.6 is 43.2 Å². The monoisotopic (exact) mass is 417 g/mol. The highest BCUT2D eigenvalue weighted by molar-refractivity contribution is 9.11. The van der Waals surface area contributed by atoms with Gasteiger partial charge in [-0.2, -0.15) is 0 Å². The van der Waals surface area contributed by atoms with Crippen LogP contribution in [0.2, 0.25) is 0 Å². The molecule has 0 unspecified atom stereocenters. The summed E-state index contributed by atoms with van der Waals surface area (Å²) in [6.45, 7) is 0.677. The number of imidazole rings is 1. The number of hydrogen-bond donors (Lipinski definition) is 1. The summed E-state index contributed by atoms with van der Waals surface area (Å²) in [7, 11) is 0. The van der Waals surface area contributed by atoms with Gasteiger partial charge in [0.2, 0.25) is 5.95 Å². The second-order valence-electron chi connectivity index (χ2n) is 4.33. The fraction of sp³-hybridized carbons (Fsp3) is 0.154. The van der Waals surface area contributed by atoms with E-state index in [1.807, 2.05) is 10.6 Å². The van der Waals surface area contributed by atoms with E-state index in [9.17, 15) is 4.39 Å². The van der Waals surface area contributed by atoms with E-state index in [1.165, 1.54) is 10.9 Å². The number of fused-ring (bicyclic) bond motifs is 1. The number of aromatic nitrogens is 2. The number of nitrogens with zero attached hydrogens (tertiary/aromatic N) is 2. The van der Waals surface area contributed by atoms with Gasteiger partial charge in [0, 0.05) is 17.5 Å². The number of nitrogen functional groups attached to an aromatic ring is 1. The lowest BCUT2D eigenvalue weighted by molar-refractivity contribution is 0.621. The van der Waals surface area contributed by atoms with Crippen molar-refractivity contribution in [1.82, 2.24) is 9.55 Å². The maximum atomic E-state index is 13.7. The summed E-state index contributed by atoms with van der Waals surface area (Å²) in [6.07, 6.45) is 0.837. The lowest BCUT2D eigenvalue weighted by Crippen LogP contribution is -2.05. The molecule has 0 aliphatic carbocycles. The number of hydrogen-bond acceptors (Lipinski definition) is 3. The molecule has 0 aliphatic rings. The van der Waals surface area contributed by atoms with Crippen LogP contribution in [-0.2, 0) is 13.0 Å². The number of halogens is 3. The van der Waals surface area contributed by atoms with Crippen LogP contribution in [0.25, 0.3) is 11.0 Å². The Balaban J connectivity index is 1.94. The molecule has 1 aromatic carbocycles. The molecule has 0 spiro atoms.